The second-order valence-corrected chi connectivity index (χ2v) is 5.84. The van der Waals surface area contributed by atoms with Crippen molar-refractivity contribution >= 4 is 5.91 Å². The summed E-state index contributed by atoms with van der Waals surface area (Å²) in [5.74, 6) is 1.60. The Hall–Kier alpha value is -0.570. The summed E-state index contributed by atoms with van der Waals surface area (Å²) in [5, 5.41) is 6.52. The van der Waals surface area contributed by atoms with Crippen molar-refractivity contribution in [2.24, 2.45) is 11.8 Å². The van der Waals surface area contributed by atoms with Crippen LogP contribution >= 0.6 is 0 Å². The van der Waals surface area contributed by atoms with Gasteiger partial charge in [-0.15, -0.1) is 0 Å². The minimum absolute atomic E-state index is 0.147. The molecule has 1 saturated carbocycles. The smallest absolute Gasteiger partial charge is 0.234 e. The van der Waals surface area contributed by atoms with Crippen LogP contribution in [0.3, 0.4) is 0 Å². The first kappa shape index (κ1) is 15.5. The molecule has 0 aromatic rings. The Balaban J connectivity index is 2.29. The Labute approximate surface area is 112 Å². The Kier molecular flexibility index (Phi) is 6.69. The highest BCUT2D eigenvalue weighted by atomic mass is 16.1. The molecule has 0 aromatic carbocycles. The molecule has 0 spiro atoms. The van der Waals surface area contributed by atoms with Crippen molar-refractivity contribution in [3.63, 3.8) is 0 Å². The van der Waals surface area contributed by atoms with Gasteiger partial charge in [-0.05, 0) is 31.1 Å². The fourth-order valence-corrected chi connectivity index (χ4v) is 2.87. The van der Waals surface area contributed by atoms with Crippen molar-refractivity contribution < 1.29 is 4.79 Å². The summed E-state index contributed by atoms with van der Waals surface area (Å²) in [6.45, 7) is 9.33. The predicted octanol–water partition coefficient (Wildman–Crippen LogP) is 2.71. The molecular formula is C15H30N2O. The molecule has 3 nitrogen and oxygen atoms in total. The lowest BCUT2D eigenvalue weighted by atomic mass is 9.78. The predicted molar refractivity (Wildman–Crippen MR) is 76.5 cm³/mol. The van der Waals surface area contributed by atoms with E-state index < -0.39 is 0 Å². The zero-order valence-corrected chi connectivity index (χ0v) is 12.5. The molecule has 0 saturated heterocycles. The second-order valence-electron chi connectivity index (χ2n) is 5.84. The highest BCUT2D eigenvalue weighted by Gasteiger charge is 2.26. The van der Waals surface area contributed by atoms with Crippen molar-refractivity contribution in [2.75, 3.05) is 6.54 Å². The van der Waals surface area contributed by atoms with Gasteiger partial charge in [0.2, 0.25) is 5.91 Å². The molecular weight excluding hydrogens is 224 g/mol. The van der Waals surface area contributed by atoms with Crippen LogP contribution in [0.5, 0.6) is 0 Å². The summed E-state index contributed by atoms with van der Waals surface area (Å²) < 4.78 is 0. The molecule has 1 fully saturated rings. The molecule has 2 N–H and O–H groups in total. The average Bonchev–Trinajstić information content (AvgIpc) is 2.37. The lowest BCUT2D eigenvalue weighted by Crippen LogP contribution is -2.46. The number of carbonyl (C=O) groups is 1. The second kappa shape index (κ2) is 7.78. The molecule has 0 aromatic heterocycles. The topological polar surface area (TPSA) is 41.1 Å². The molecule has 3 heteroatoms. The molecule has 0 heterocycles. The van der Waals surface area contributed by atoms with Crippen molar-refractivity contribution in [1.29, 1.82) is 0 Å². The number of rotatable bonds is 6. The quantitative estimate of drug-likeness (QED) is 0.765. The van der Waals surface area contributed by atoms with Gasteiger partial charge in [0, 0.05) is 12.1 Å². The zero-order valence-electron chi connectivity index (χ0n) is 12.5. The van der Waals surface area contributed by atoms with Gasteiger partial charge in [0.1, 0.15) is 0 Å². The van der Waals surface area contributed by atoms with Crippen molar-refractivity contribution in [3.05, 3.63) is 0 Å². The number of amides is 1. The average molecular weight is 254 g/mol. The Morgan fingerprint density at radius 3 is 2.50 bits per heavy atom. The number of hydrogen-bond donors (Lipinski definition) is 2. The maximum atomic E-state index is 11.8. The van der Waals surface area contributed by atoms with E-state index in [1.54, 1.807) is 0 Å². The van der Waals surface area contributed by atoms with E-state index in [1.165, 1.54) is 19.3 Å². The van der Waals surface area contributed by atoms with Gasteiger partial charge in [-0.1, -0.05) is 40.5 Å². The Morgan fingerprint density at radius 2 is 1.89 bits per heavy atom. The first-order valence-corrected chi connectivity index (χ1v) is 7.61. The van der Waals surface area contributed by atoms with Crippen LogP contribution in [0, 0.1) is 11.8 Å². The van der Waals surface area contributed by atoms with Gasteiger partial charge < -0.3 is 10.6 Å². The highest BCUT2D eigenvalue weighted by Crippen LogP contribution is 2.29. The van der Waals surface area contributed by atoms with E-state index in [4.69, 9.17) is 0 Å². The first-order valence-electron chi connectivity index (χ1n) is 7.61. The van der Waals surface area contributed by atoms with E-state index in [-0.39, 0.29) is 5.91 Å². The van der Waals surface area contributed by atoms with Gasteiger partial charge in [0.25, 0.3) is 0 Å². The maximum Gasteiger partial charge on any atom is 0.234 e. The van der Waals surface area contributed by atoms with Gasteiger partial charge in [-0.3, -0.25) is 4.79 Å². The molecule has 1 aliphatic carbocycles. The minimum Gasteiger partial charge on any atom is -0.352 e. The molecule has 18 heavy (non-hydrogen) atoms. The SMILES string of the molecule is CCC(CC)NC(=O)CNC1CCCC(C)C1C. The molecule has 0 bridgehead atoms. The highest BCUT2D eigenvalue weighted by molar-refractivity contribution is 5.78. The van der Waals surface area contributed by atoms with Crippen LogP contribution in [0.4, 0.5) is 0 Å². The number of hydrogen-bond acceptors (Lipinski definition) is 2. The standard InChI is InChI=1S/C15H30N2O/c1-5-13(6-2)17-15(18)10-16-14-9-7-8-11(3)12(14)4/h11-14,16H,5-10H2,1-4H3,(H,17,18). The Morgan fingerprint density at radius 1 is 1.22 bits per heavy atom. The largest absolute Gasteiger partial charge is 0.352 e. The molecule has 3 unspecified atom stereocenters. The molecule has 3 atom stereocenters. The van der Waals surface area contributed by atoms with Crippen LogP contribution in [-0.2, 0) is 4.79 Å². The van der Waals surface area contributed by atoms with Gasteiger partial charge in [-0.2, -0.15) is 0 Å². The number of nitrogens with one attached hydrogen (secondary N) is 2. The fourth-order valence-electron chi connectivity index (χ4n) is 2.87. The van der Waals surface area contributed by atoms with Gasteiger partial charge >= 0.3 is 0 Å². The summed E-state index contributed by atoms with van der Waals surface area (Å²) in [5.41, 5.74) is 0. The van der Waals surface area contributed by atoms with E-state index in [2.05, 4.69) is 38.3 Å². The molecule has 1 aliphatic rings. The lowest BCUT2D eigenvalue weighted by molar-refractivity contribution is -0.121. The maximum absolute atomic E-state index is 11.8. The van der Waals surface area contributed by atoms with E-state index in [9.17, 15) is 4.79 Å². The Bertz CT molecular complexity index is 251. The third-order valence-electron chi connectivity index (χ3n) is 4.58. The monoisotopic (exact) mass is 254 g/mol. The van der Waals surface area contributed by atoms with E-state index in [1.807, 2.05) is 0 Å². The van der Waals surface area contributed by atoms with Crippen molar-refractivity contribution in [2.45, 2.75) is 71.9 Å². The normalized spacial score (nSPS) is 28.4. The first-order chi connectivity index (χ1) is 8.58. The third-order valence-corrected chi connectivity index (χ3v) is 4.58. The molecule has 1 amide bonds. The van der Waals surface area contributed by atoms with Gasteiger partial charge in [0.15, 0.2) is 0 Å². The molecule has 0 radical (unpaired) electrons. The zero-order chi connectivity index (χ0) is 13.5. The van der Waals surface area contributed by atoms with Gasteiger partial charge in [0.05, 0.1) is 6.54 Å². The molecule has 0 aliphatic heterocycles. The van der Waals surface area contributed by atoms with Gasteiger partial charge in [-0.25, -0.2) is 0 Å². The van der Waals surface area contributed by atoms with Crippen LogP contribution in [-0.4, -0.2) is 24.5 Å². The number of carbonyl (C=O) groups excluding carboxylic acids is 1. The fraction of sp³-hybridized carbons (Fsp3) is 0.933. The summed E-state index contributed by atoms with van der Waals surface area (Å²) in [4.78, 5) is 11.8. The van der Waals surface area contributed by atoms with E-state index in [0.29, 0.717) is 24.5 Å². The van der Waals surface area contributed by atoms with Crippen LogP contribution in [0.1, 0.15) is 59.8 Å². The summed E-state index contributed by atoms with van der Waals surface area (Å²) >= 11 is 0. The van der Waals surface area contributed by atoms with Crippen LogP contribution in [0.2, 0.25) is 0 Å². The lowest BCUT2D eigenvalue weighted by Gasteiger charge is -2.34. The summed E-state index contributed by atoms with van der Waals surface area (Å²) in [6.07, 6.45) is 5.86. The summed E-state index contributed by atoms with van der Waals surface area (Å²) in [7, 11) is 0. The van der Waals surface area contributed by atoms with Crippen LogP contribution < -0.4 is 10.6 Å². The van der Waals surface area contributed by atoms with Crippen LogP contribution in [0.15, 0.2) is 0 Å². The third kappa shape index (κ3) is 4.60. The molecule has 1 rings (SSSR count). The van der Waals surface area contributed by atoms with E-state index >= 15 is 0 Å². The van der Waals surface area contributed by atoms with E-state index in [0.717, 1.165) is 18.8 Å². The van der Waals surface area contributed by atoms with Crippen molar-refractivity contribution in [1.82, 2.24) is 10.6 Å². The molecule has 106 valence electrons. The summed E-state index contributed by atoms with van der Waals surface area (Å²) in [6, 6.07) is 0.850. The minimum atomic E-state index is 0.147. The van der Waals surface area contributed by atoms with Crippen molar-refractivity contribution in [3.8, 4) is 0 Å². The van der Waals surface area contributed by atoms with Crippen LogP contribution in [0.25, 0.3) is 0 Å².